The normalized spacial score (nSPS) is 10.2. The van der Waals surface area contributed by atoms with Crippen molar-refractivity contribution in [3.63, 3.8) is 0 Å². The maximum absolute atomic E-state index is 13.7. The lowest BCUT2D eigenvalue weighted by molar-refractivity contribution is 0.102. The van der Waals surface area contributed by atoms with Gasteiger partial charge in [0.25, 0.3) is 5.91 Å². The van der Waals surface area contributed by atoms with Crippen molar-refractivity contribution in [2.45, 2.75) is 6.92 Å². The zero-order chi connectivity index (χ0) is 15.4. The molecule has 0 unspecified atom stereocenters. The zero-order valence-electron chi connectivity index (χ0n) is 11.3. The summed E-state index contributed by atoms with van der Waals surface area (Å²) in [5.74, 6) is -0.920. The molecule has 0 spiro atoms. The van der Waals surface area contributed by atoms with Gasteiger partial charge in [0.2, 0.25) is 0 Å². The van der Waals surface area contributed by atoms with Crippen LogP contribution in [0.2, 0.25) is 5.02 Å². The van der Waals surface area contributed by atoms with Crippen LogP contribution in [0.3, 0.4) is 0 Å². The van der Waals surface area contributed by atoms with Crippen LogP contribution in [0.25, 0.3) is 0 Å². The number of amides is 1. The Labute approximate surface area is 126 Å². The molecule has 2 rings (SSSR count). The van der Waals surface area contributed by atoms with Crippen LogP contribution in [0.15, 0.2) is 36.4 Å². The van der Waals surface area contributed by atoms with Gasteiger partial charge in [0.1, 0.15) is 0 Å². The smallest absolute Gasteiger partial charge is 0.259 e. The van der Waals surface area contributed by atoms with Gasteiger partial charge in [-0.3, -0.25) is 4.79 Å². The summed E-state index contributed by atoms with van der Waals surface area (Å²) in [6.45, 7) is 2.12. The first-order valence-corrected chi connectivity index (χ1v) is 6.68. The largest absolute Gasteiger partial charge is 0.491 e. The van der Waals surface area contributed by atoms with E-state index in [1.807, 2.05) is 0 Å². The summed E-state index contributed by atoms with van der Waals surface area (Å²) in [4.78, 5) is 12.1. The molecular formula is C15H14ClFN2O2. The highest BCUT2D eigenvalue weighted by atomic mass is 35.5. The van der Waals surface area contributed by atoms with Gasteiger partial charge < -0.3 is 15.8 Å². The van der Waals surface area contributed by atoms with Crippen LogP contribution >= 0.6 is 11.6 Å². The topological polar surface area (TPSA) is 64.3 Å². The van der Waals surface area contributed by atoms with Crippen molar-refractivity contribution in [3.05, 3.63) is 52.8 Å². The highest BCUT2D eigenvalue weighted by Crippen LogP contribution is 2.25. The van der Waals surface area contributed by atoms with Gasteiger partial charge in [-0.05, 0) is 31.2 Å². The van der Waals surface area contributed by atoms with Crippen molar-refractivity contribution >= 4 is 28.9 Å². The Morgan fingerprint density at radius 1 is 1.38 bits per heavy atom. The van der Waals surface area contributed by atoms with Crippen LogP contribution in [-0.2, 0) is 0 Å². The molecule has 3 N–H and O–H groups in total. The van der Waals surface area contributed by atoms with Gasteiger partial charge in [-0.15, -0.1) is 0 Å². The fraction of sp³-hybridized carbons (Fsp3) is 0.133. The minimum absolute atomic E-state index is 0.132. The molecule has 21 heavy (non-hydrogen) atoms. The highest BCUT2D eigenvalue weighted by Gasteiger charge is 2.15. The minimum atomic E-state index is -0.554. The second-order valence-corrected chi connectivity index (χ2v) is 4.64. The van der Waals surface area contributed by atoms with Crippen molar-refractivity contribution in [1.29, 1.82) is 0 Å². The Kier molecular flexibility index (Phi) is 4.65. The van der Waals surface area contributed by atoms with E-state index in [0.717, 1.165) is 0 Å². The molecule has 0 saturated heterocycles. The quantitative estimate of drug-likeness (QED) is 0.846. The summed E-state index contributed by atoms with van der Waals surface area (Å²) in [5, 5.41) is 2.79. The van der Waals surface area contributed by atoms with E-state index in [2.05, 4.69) is 5.32 Å². The lowest BCUT2D eigenvalue weighted by atomic mass is 10.1. The molecule has 2 aromatic carbocycles. The number of nitrogen functional groups attached to an aromatic ring is 1. The minimum Gasteiger partial charge on any atom is -0.491 e. The first kappa shape index (κ1) is 15.1. The Bertz CT molecular complexity index is 656. The molecule has 0 bridgehead atoms. The zero-order valence-corrected chi connectivity index (χ0v) is 12.1. The van der Waals surface area contributed by atoms with Crippen molar-refractivity contribution in [3.8, 4) is 5.75 Å². The third-order valence-electron chi connectivity index (χ3n) is 2.76. The molecule has 0 atom stereocenters. The third-order valence-corrected chi connectivity index (χ3v) is 3.08. The summed E-state index contributed by atoms with van der Waals surface area (Å²) in [5.41, 5.74) is 6.44. The summed E-state index contributed by atoms with van der Waals surface area (Å²) < 4.78 is 18.8. The number of rotatable bonds is 4. The van der Waals surface area contributed by atoms with Crippen LogP contribution in [-0.4, -0.2) is 12.5 Å². The van der Waals surface area contributed by atoms with Gasteiger partial charge in [0.05, 0.1) is 17.2 Å². The monoisotopic (exact) mass is 308 g/mol. The predicted octanol–water partition coefficient (Wildman–Crippen LogP) is 3.71. The number of nitrogens with two attached hydrogens (primary N) is 1. The van der Waals surface area contributed by atoms with E-state index in [0.29, 0.717) is 12.3 Å². The molecule has 2 aromatic rings. The third kappa shape index (κ3) is 3.44. The molecule has 0 heterocycles. The Hall–Kier alpha value is -2.27. The fourth-order valence-electron chi connectivity index (χ4n) is 1.83. The van der Waals surface area contributed by atoms with E-state index in [4.69, 9.17) is 22.1 Å². The van der Waals surface area contributed by atoms with Crippen molar-refractivity contribution < 1.29 is 13.9 Å². The van der Waals surface area contributed by atoms with Crippen LogP contribution in [0, 0.1) is 5.82 Å². The molecular weight excluding hydrogens is 295 g/mol. The maximum Gasteiger partial charge on any atom is 0.259 e. The Balaban J connectivity index is 2.22. The van der Waals surface area contributed by atoms with Gasteiger partial charge >= 0.3 is 0 Å². The number of benzene rings is 2. The molecule has 0 fully saturated rings. The van der Waals surface area contributed by atoms with E-state index in [1.165, 1.54) is 12.1 Å². The number of hydrogen-bond donors (Lipinski definition) is 2. The molecule has 0 aliphatic carbocycles. The van der Waals surface area contributed by atoms with Gasteiger partial charge in [-0.1, -0.05) is 17.7 Å². The highest BCUT2D eigenvalue weighted by molar-refractivity contribution is 6.35. The van der Waals surface area contributed by atoms with Crippen LogP contribution in [0.4, 0.5) is 15.8 Å². The number of carbonyl (C=O) groups excluding carboxylic acids is 1. The predicted molar refractivity (Wildman–Crippen MR) is 81.4 cm³/mol. The molecule has 6 heteroatoms. The molecule has 0 saturated carbocycles. The number of hydrogen-bond acceptors (Lipinski definition) is 3. The Morgan fingerprint density at radius 3 is 2.76 bits per heavy atom. The lowest BCUT2D eigenvalue weighted by Gasteiger charge is -2.10. The summed E-state index contributed by atoms with van der Waals surface area (Å²) >= 11 is 5.95. The second kappa shape index (κ2) is 6.45. The van der Waals surface area contributed by atoms with Gasteiger partial charge in [-0.2, -0.15) is 0 Å². The number of halogens is 2. The van der Waals surface area contributed by atoms with E-state index in [-0.39, 0.29) is 22.0 Å². The van der Waals surface area contributed by atoms with Crippen molar-refractivity contribution in [2.75, 3.05) is 17.7 Å². The first-order chi connectivity index (χ1) is 10.0. The van der Waals surface area contributed by atoms with E-state index in [9.17, 15) is 9.18 Å². The summed E-state index contributed by atoms with van der Waals surface area (Å²) in [7, 11) is 0. The van der Waals surface area contributed by atoms with Crippen LogP contribution in [0.1, 0.15) is 17.3 Å². The molecule has 0 aromatic heterocycles. The number of carbonyl (C=O) groups is 1. The molecule has 0 aliphatic heterocycles. The first-order valence-electron chi connectivity index (χ1n) is 6.30. The lowest BCUT2D eigenvalue weighted by Crippen LogP contribution is -2.14. The number of ether oxygens (including phenoxy) is 1. The van der Waals surface area contributed by atoms with Gasteiger partial charge in [-0.25, -0.2) is 4.39 Å². The Morgan fingerprint density at radius 2 is 2.14 bits per heavy atom. The summed E-state index contributed by atoms with van der Waals surface area (Å²) in [6, 6.07) is 8.94. The van der Waals surface area contributed by atoms with Gasteiger partial charge in [0.15, 0.2) is 11.6 Å². The molecule has 0 radical (unpaired) electrons. The molecule has 1 amide bonds. The second-order valence-electron chi connectivity index (χ2n) is 4.24. The average Bonchev–Trinajstić information content (AvgIpc) is 2.42. The van der Waals surface area contributed by atoms with Crippen LogP contribution in [0.5, 0.6) is 5.75 Å². The van der Waals surface area contributed by atoms with Crippen LogP contribution < -0.4 is 15.8 Å². The fourth-order valence-corrected chi connectivity index (χ4v) is 2.09. The van der Waals surface area contributed by atoms with E-state index in [1.54, 1.807) is 31.2 Å². The number of anilines is 2. The maximum atomic E-state index is 13.7. The summed E-state index contributed by atoms with van der Waals surface area (Å²) in [6.07, 6.45) is 0. The van der Waals surface area contributed by atoms with E-state index >= 15 is 0 Å². The molecule has 110 valence electrons. The average molecular weight is 309 g/mol. The van der Waals surface area contributed by atoms with Crippen molar-refractivity contribution in [2.24, 2.45) is 0 Å². The van der Waals surface area contributed by atoms with Crippen molar-refractivity contribution in [1.82, 2.24) is 0 Å². The molecule has 4 nitrogen and oxygen atoms in total. The molecule has 0 aliphatic rings. The number of nitrogens with one attached hydrogen (secondary N) is 1. The SMILES string of the molecule is CCOc1ccc(NC(=O)c2c(N)cccc2Cl)cc1F. The standard InChI is InChI=1S/C15H14ClFN2O2/c1-2-21-13-7-6-9(8-11(13)17)19-15(20)14-10(16)4-3-5-12(14)18/h3-8H,2,18H2,1H3,(H,19,20). The van der Waals surface area contributed by atoms with E-state index < -0.39 is 11.7 Å². The van der Waals surface area contributed by atoms with Gasteiger partial charge in [0, 0.05) is 17.4 Å².